The SMILES string of the molecule is Cc1ccc(S(=O)(=O)NCCCC(C)C)c(C#CCN)c1. The molecule has 0 amide bonds. The number of sulfonamides is 1. The predicted octanol–water partition coefficient (Wildman–Crippen LogP) is 2.02. The van der Waals surface area contributed by atoms with E-state index in [0.29, 0.717) is 18.0 Å². The Morgan fingerprint density at radius 3 is 2.67 bits per heavy atom. The average Bonchev–Trinajstić information content (AvgIpc) is 2.41. The van der Waals surface area contributed by atoms with Crippen LogP contribution in [-0.2, 0) is 10.0 Å². The van der Waals surface area contributed by atoms with Gasteiger partial charge in [0.25, 0.3) is 0 Å². The Hall–Kier alpha value is -1.35. The molecule has 1 aromatic carbocycles. The number of benzene rings is 1. The fourth-order valence-corrected chi connectivity index (χ4v) is 3.13. The fraction of sp³-hybridized carbons (Fsp3) is 0.500. The lowest BCUT2D eigenvalue weighted by atomic mass is 10.1. The summed E-state index contributed by atoms with van der Waals surface area (Å²) in [4.78, 5) is 0.221. The highest BCUT2D eigenvalue weighted by molar-refractivity contribution is 7.89. The van der Waals surface area contributed by atoms with Crippen LogP contribution in [-0.4, -0.2) is 21.5 Å². The molecule has 0 atom stereocenters. The molecule has 0 saturated carbocycles. The maximum atomic E-state index is 12.4. The third-order valence-corrected chi connectivity index (χ3v) is 4.52. The van der Waals surface area contributed by atoms with Gasteiger partial charge in [-0.25, -0.2) is 13.1 Å². The maximum Gasteiger partial charge on any atom is 0.241 e. The highest BCUT2D eigenvalue weighted by Gasteiger charge is 2.17. The number of nitrogens with one attached hydrogen (secondary N) is 1. The predicted molar refractivity (Wildman–Crippen MR) is 86.4 cm³/mol. The zero-order chi connectivity index (χ0) is 15.9. The van der Waals surface area contributed by atoms with Crippen molar-refractivity contribution in [1.29, 1.82) is 0 Å². The molecular formula is C16H24N2O2S. The van der Waals surface area contributed by atoms with Crippen molar-refractivity contribution in [3.8, 4) is 11.8 Å². The van der Waals surface area contributed by atoms with Gasteiger partial charge >= 0.3 is 0 Å². The normalized spacial score (nSPS) is 11.3. The van der Waals surface area contributed by atoms with E-state index in [-0.39, 0.29) is 11.4 Å². The molecule has 0 saturated heterocycles. The van der Waals surface area contributed by atoms with Crippen LogP contribution in [0.15, 0.2) is 23.1 Å². The smallest absolute Gasteiger partial charge is 0.241 e. The lowest BCUT2D eigenvalue weighted by Gasteiger charge is -2.10. The molecular weight excluding hydrogens is 284 g/mol. The molecule has 21 heavy (non-hydrogen) atoms. The van der Waals surface area contributed by atoms with Crippen molar-refractivity contribution < 1.29 is 8.42 Å². The minimum Gasteiger partial charge on any atom is -0.320 e. The minimum absolute atomic E-state index is 0.204. The second kappa shape index (κ2) is 8.18. The van der Waals surface area contributed by atoms with Gasteiger partial charge in [-0.15, -0.1) is 0 Å². The molecule has 0 aromatic heterocycles. The van der Waals surface area contributed by atoms with Gasteiger partial charge in [0.1, 0.15) is 0 Å². The number of rotatable bonds is 6. The second-order valence-corrected chi connectivity index (χ2v) is 7.17. The van der Waals surface area contributed by atoms with E-state index in [1.54, 1.807) is 18.2 Å². The van der Waals surface area contributed by atoms with Crippen molar-refractivity contribution in [1.82, 2.24) is 4.72 Å². The van der Waals surface area contributed by atoms with E-state index < -0.39 is 10.0 Å². The summed E-state index contributed by atoms with van der Waals surface area (Å²) in [5, 5.41) is 0. The summed E-state index contributed by atoms with van der Waals surface area (Å²) < 4.78 is 27.4. The summed E-state index contributed by atoms with van der Waals surface area (Å²) >= 11 is 0. The van der Waals surface area contributed by atoms with Gasteiger partial charge < -0.3 is 5.73 Å². The van der Waals surface area contributed by atoms with Crippen molar-refractivity contribution in [2.45, 2.75) is 38.5 Å². The van der Waals surface area contributed by atoms with Gasteiger partial charge in [-0.2, -0.15) is 0 Å². The van der Waals surface area contributed by atoms with Gasteiger partial charge in [-0.05, 0) is 43.4 Å². The van der Waals surface area contributed by atoms with Gasteiger partial charge in [-0.3, -0.25) is 0 Å². The molecule has 0 aliphatic carbocycles. The van der Waals surface area contributed by atoms with E-state index in [1.165, 1.54) is 0 Å². The molecule has 0 aliphatic heterocycles. The molecule has 0 radical (unpaired) electrons. The summed E-state index contributed by atoms with van der Waals surface area (Å²) in [5.74, 6) is 6.12. The Balaban J connectivity index is 2.92. The number of hydrogen-bond acceptors (Lipinski definition) is 3. The first-order valence-corrected chi connectivity index (χ1v) is 8.64. The first-order valence-electron chi connectivity index (χ1n) is 7.16. The first-order chi connectivity index (χ1) is 9.86. The number of hydrogen-bond donors (Lipinski definition) is 2. The molecule has 0 aliphatic rings. The lowest BCUT2D eigenvalue weighted by Crippen LogP contribution is -2.25. The van der Waals surface area contributed by atoms with Crippen LogP contribution < -0.4 is 10.5 Å². The van der Waals surface area contributed by atoms with E-state index in [1.807, 2.05) is 6.92 Å². The van der Waals surface area contributed by atoms with Crippen LogP contribution in [0.1, 0.15) is 37.8 Å². The number of aryl methyl sites for hydroxylation is 1. The van der Waals surface area contributed by atoms with Crippen molar-refractivity contribution in [3.63, 3.8) is 0 Å². The van der Waals surface area contributed by atoms with Crippen LogP contribution >= 0.6 is 0 Å². The van der Waals surface area contributed by atoms with Gasteiger partial charge in [0.2, 0.25) is 10.0 Å². The minimum atomic E-state index is -3.53. The van der Waals surface area contributed by atoms with Crippen LogP contribution in [0.4, 0.5) is 0 Å². The zero-order valence-corrected chi connectivity index (χ0v) is 13.8. The van der Waals surface area contributed by atoms with Gasteiger partial charge in [0.05, 0.1) is 11.4 Å². The van der Waals surface area contributed by atoms with Crippen molar-refractivity contribution in [2.75, 3.05) is 13.1 Å². The standard InChI is InChI=1S/C16H24N2O2S/c1-13(2)6-5-11-18-21(19,20)16-9-8-14(3)12-15(16)7-4-10-17/h8-9,12-13,18H,5-6,10-11,17H2,1-3H3. The third kappa shape index (κ3) is 5.88. The monoisotopic (exact) mass is 308 g/mol. The summed E-state index contributed by atoms with van der Waals surface area (Å²) in [6.45, 7) is 6.79. The third-order valence-electron chi connectivity index (χ3n) is 3.00. The molecule has 1 aromatic rings. The molecule has 0 bridgehead atoms. The Kier molecular flexibility index (Phi) is 6.90. The molecule has 0 spiro atoms. The molecule has 5 heteroatoms. The molecule has 4 nitrogen and oxygen atoms in total. The highest BCUT2D eigenvalue weighted by atomic mass is 32.2. The second-order valence-electron chi connectivity index (χ2n) is 5.44. The zero-order valence-electron chi connectivity index (χ0n) is 12.9. The van der Waals surface area contributed by atoms with Crippen LogP contribution in [0.25, 0.3) is 0 Å². The van der Waals surface area contributed by atoms with Crippen molar-refractivity contribution in [2.24, 2.45) is 11.7 Å². The summed E-state index contributed by atoms with van der Waals surface area (Å²) in [6, 6.07) is 5.14. The van der Waals surface area contributed by atoms with Gasteiger partial charge in [-0.1, -0.05) is 31.8 Å². The molecule has 0 fully saturated rings. The van der Waals surface area contributed by atoms with E-state index in [0.717, 1.165) is 18.4 Å². The Labute approximate surface area is 128 Å². The van der Waals surface area contributed by atoms with Crippen LogP contribution in [0.3, 0.4) is 0 Å². The fourth-order valence-electron chi connectivity index (χ4n) is 1.92. The molecule has 3 N–H and O–H groups in total. The van der Waals surface area contributed by atoms with E-state index >= 15 is 0 Å². The van der Waals surface area contributed by atoms with E-state index in [4.69, 9.17) is 5.73 Å². The Morgan fingerprint density at radius 2 is 2.05 bits per heavy atom. The van der Waals surface area contributed by atoms with Crippen LogP contribution in [0, 0.1) is 24.7 Å². The lowest BCUT2D eigenvalue weighted by molar-refractivity contribution is 0.540. The van der Waals surface area contributed by atoms with Gasteiger partial charge in [0.15, 0.2) is 0 Å². The maximum absolute atomic E-state index is 12.4. The van der Waals surface area contributed by atoms with E-state index in [9.17, 15) is 8.42 Å². The molecule has 116 valence electrons. The van der Waals surface area contributed by atoms with Gasteiger partial charge in [0, 0.05) is 12.1 Å². The average molecular weight is 308 g/mol. The largest absolute Gasteiger partial charge is 0.320 e. The molecule has 0 heterocycles. The van der Waals surface area contributed by atoms with Crippen molar-refractivity contribution >= 4 is 10.0 Å². The Morgan fingerprint density at radius 1 is 1.33 bits per heavy atom. The highest BCUT2D eigenvalue weighted by Crippen LogP contribution is 2.16. The van der Waals surface area contributed by atoms with E-state index in [2.05, 4.69) is 30.4 Å². The first kappa shape index (κ1) is 17.7. The molecule has 0 unspecified atom stereocenters. The van der Waals surface area contributed by atoms with Crippen LogP contribution in [0.2, 0.25) is 0 Å². The van der Waals surface area contributed by atoms with Crippen LogP contribution in [0.5, 0.6) is 0 Å². The Bertz CT molecular complexity index is 625. The molecule has 1 rings (SSSR count). The topological polar surface area (TPSA) is 72.2 Å². The summed E-state index contributed by atoms with van der Waals surface area (Å²) in [7, 11) is -3.53. The number of nitrogens with two attached hydrogens (primary N) is 1. The summed E-state index contributed by atoms with van der Waals surface area (Å²) in [6.07, 6.45) is 1.82. The van der Waals surface area contributed by atoms with Crippen molar-refractivity contribution in [3.05, 3.63) is 29.3 Å². The summed E-state index contributed by atoms with van der Waals surface area (Å²) in [5.41, 5.74) is 6.83. The quantitative estimate of drug-likeness (QED) is 0.624.